The van der Waals surface area contributed by atoms with Gasteiger partial charge in [-0.3, -0.25) is 0 Å². The Kier molecular flexibility index (Phi) is 2.38. The van der Waals surface area contributed by atoms with Crippen molar-refractivity contribution in [3.63, 3.8) is 0 Å². The third-order valence-corrected chi connectivity index (χ3v) is 3.68. The van der Waals surface area contributed by atoms with Gasteiger partial charge in [0.25, 0.3) is 5.92 Å². The Morgan fingerprint density at radius 3 is 2.09 bits per heavy atom. The molecule has 11 heavy (non-hydrogen) atoms. The number of hydrogen-bond acceptors (Lipinski definition) is 2. The normalized spacial score (nSPS) is 31.1. The van der Waals surface area contributed by atoms with Gasteiger partial charge in [0.05, 0.1) is 5.75 Å². The van der Waals surface area contributed by atoms with Crippen LogP contribution in [0.2, 0.25) is 0 Å². The van der Waals surface area contributed by atoms with E-state index in [2.05, 4.69) is 5.32 Å². The van der Waals surface area contributed by atoms with Gasteiger partial charge in [-0.15, -0.1) is 24.2 Å². The molecule has 0 aromatic heterocycles. The lowest BCUT2D eigenvalue weighted by atomic mass is 9.95. The Hall–Kier alpha value is 0.460. The average Bonchev–Trinajstić information content (AvgIpc) is 2.04. The molecule has 0 saturated carbocycles. The molecule has 1 N–H and O–H groups in total. The molecule has 2 fully saturated rings. The number of hydrogen-bond donors (Lipinski definition) is 1. The van der Waals surface area contributed by atoms with Crippen molar-refractivity contribution >= 4 is 24.2 Å². The molecule has 0 radical (unpaired) electrons. The second kappa shape index (κ2) is 2.75. The first-order valence-corrected chi connectivity index (χ1v) is 4.33. The highest BCUT2D eigenvalue weighted by Gasteiger charge is 2.53. The average molecular weight is 202 g/mol. The summed E-state index contributed by atoms with van der Waals surface area (Å²) in [7, 11) is 0. The second-order valence-electron chi connectivity index (χ2n) is 3.11. The quantitative estimate of drug-likeness (QED) is 0.638. The minimum absolute atomic E-state index is 0. The highest BCUT2D eigenvalue weighted by Crippen LogP contribution is 2.48. The molecular formula is C6H10ClF2NS. The van der Waals surface area contributed by atoms with Crippen LogP contribution in [0.25, 0.3) is 0 Å². The van der Waals surface area contributed by atoms with Crippen molar-refractivity contribution in [1.82, 2.24) is 5.32 Å². The van der Waals surface area contributed by atoms with E-state index in [4.69, 9.17) is 0 Å². The maximum atomic E-state index is 12.6. The van der Waals surface area contributed by atoms with E-state index in [1.54, 1.807) is 0 Å². The maximum Gasteiger partial charge on any atom is 0.258 e. The van der Waals surface area contributed by atoms with Gasteiger partial charge < -0.3 is 5.32 Å². The van der Waals surface area contributed by atoms with E-state index in [0.29, 0.717) is 0 Å². The summed E-state index contributed by atoms with van der Waals surface area (Å²) < 4.78 is 25.1. The summed E-state index contributed by atoms with van der Waals surface area (Å²) in [6, 6.07) is 0. The molecule has 0 atom stereocenters. The molecule has 0 aliphatic carbocycles. The molecule has 0 bridgehead atoms. The molecule has 0 aromatic rings. The molecule has 0 aromatic carbocycles. The third kappa shape index (κ3) is 1.63. The van der Waals surface area contributed by atoms with E-state index in [-0.39, 0.29) is 29.3 Å². The number of rotatable bonds is 0. The fraction of sp³-hybridized carbons (Fsp3) is 1.00. The van der Waals surface area contributed by atoms with E-state index in [0.717, 1.165) is 13.1 Å². The number of nitrogens with one attached hydrogen (secondary N) is 1. The van der Waals surface area contributed by atoms with Gasteiger partial charge >= 0.3 is 0 Å². The molecule has 2 heterocycles. The van der Waals surface area contributed by atoms with Crippen LogP contribution in [-0.2, 0) is 0 Å². The van der Waals surface area contributed by atoms with Crippen molar-refractivity contribution in [2.75, 3.05) is 18.8 Å². The summed E-state index contributed by atoms with van der Waals surface area (Å²) in [5.74, 6) is -2.37. The Bertz CT molecular complexity index is 161. The smallest absolute Gasteiger partial charge is 0.258 e. The van der Waals surface area contributed by atoms with Gasteiger partial charge in [-0.25, -0.2) is 8.78 Å². The summed E-state index contributed by atoms with van der Waals surface area (Å²) in [6.07, 6.45) is 0.0810. The van der Waals surface area contributed by atoms with Crippen LogP contribution < -0.4 is 5.32 Å². The van der Waals surface area contributed by atoms with Gasteiger partial charge in [0.2, 0.25) is 0 Å². The topological polar surface area (TPSA) is 12.0 Å². The third-order valence-electron chi connectivity index (χ3n) is 2.06. The van der Waals surface area contributed by atoms with Crippen LogP contribution in [0.15, 0.2) is 0 Å². The van der Waals surface area contributed by atoms with E-state index in [9.17, 15) is 8.78 Å². The standard InChI is InChI=1S/C6H9F2NS.ClH/c7-6(8)1-5(10-4-6)2-9-3-5;/h9H,1-4H2;1H. The highest BCUT2D eigenvalue weighted by atomic mass is 35.5. The first-order valence-electron chi connectivity index (χ1n) is 3.35. The summed E-state index contributed by atoms with van der Waals surface area (Å²) in [5, 5.41) is 3.03. The summed E-state index contributed by atoms with van der Waals surface area (Å²) in [6.45, 7) is 1.54. The molecule has 2 saturated heterocycles. The molecule has 5 heteroatoms. The zero-order chi connectivity index (χ0) is 7.24. The first-order chi connectivity index (χ1) is 4.62. The molecule has 1 spiro atoms. The van der Waals surface area contributed by atoms with Crippen LogP contribution in [-0.4, -0.2) is 29.5 Å². The zero-order valence-electron chi connectivity index (χ0n) is 5.90. The van der Waals surface area contributed by atoms with Crippen LogP contribution in [0.3, 0.4) is 0 Å². The largest absolute Gasteiger partial charge is 0.314 e. The van der Waals surface area contributed by atoms with Gasteiger partial charge in [-0.1, -0.05) is 0 Å². The lowest BCUT2D eigenvalue weighted by Gasteiger charge is -2.37. The van der Waals surface area contributed by atoms with Gasteiger partial charge in [0.15, 0.2) is 0 Å². The summed E-state index contributed by atoms with van der Waals surface area (Å²) in [5.41, 5.74) is 0. The Morgan fingerprint density at radius 1 is 1.27 bits per heavy atom. The predicted octanol–water partition coefficient (Wildman–Crippen LogP) is 1.52. The molecule has 2 rings (SSSR count). The molecule has 1 nitrogen and oxygen atoms in total. The second-order valence-corrected chi connectivity index (χ2v) is 4.55. The fourth-order valence-electron chi connectivity index (χ4n) is 1.46. The molecule has 66 valence electrons. The summed E-state index contributed by atoms with van der Waals surface area (Å²) >= 11 is 1.43. The van der Waals surface area contributed by atoms with Crippen LogP contribution in [0.5, 0.6) is 0 Å². The molecule has 2 aliphatic rings. The van der Waals surface area contributed by atoms with Crippen molar-refractivity contribution in [3.05, 3.63) is 0 Å². The molecule has 0 unspecified atom stereocenters. The van der Waals surface area contributed by atoms with E-state index >= 15 is 0 Å². The summed E-state index contributed by atoms with van der Waals surface area (Å²) in [4.78, 5) is 0. The van der Waals surface area contributed by atoms with Gasteiger partial charge in [0, 0.05) is 24.3 Å². The van der Waals surface area contributed by atoms with Crippen LogP contribution >= 0.6 is 24.2 Å². The van der Waals surface area contributed by atoms with E-state index in [1.807, 2.05) is 0 Å². The highest BCUT2D eigenvalue weighted by molar-refractivity contribution is 8.01. The van der Waals surface area contributed by atoms with Crippen molar-refractivity contribution in [1.29, 1.82) is 0 Å². The van der Waals surface area contributed by atoms with Crippen molar-refractivity contribution in [2.24, 2.45) is 0 Å². The van der Waals surface area contributed by atoms with Gasteiger partial charge in [-0.2, -0.15) is 0 Å². The Morgan fingerprint density at radius 2 is 1.91 bits per heavy atom. The van der Waals surface area contributed by atoms with E-state index < -0.39 is 5.92 Å². The lowest BCUT2D eigenvalue weighted by Crippen LogP contribution is -2.56. The number of halogens is 3. The Balaban J connectivity index is 0.000000605. The monoisotopic (exact) mass is 201 g/mol. The minimum atomic E-state index is -2.40. The fourth-order valence-corrected chi connectivity index (χ4v) is 2.80. The van der Waals surface area contributed by atoms with Crippen LogP contribution in [0.4, 0.5) is 8.78 Å². The van der Waals surface area contributed by atoms with Crippen LogP contribution in [0.1, 0.15) is 6.42 Å². The zero-order valence-corrected chi connectivity index (χ0v) is 7.53. The molecule has 2 aliphatic heterocycles. The van der Waals surface area contributed by atoms with Crippen molar-refractivity contribution in [3.8, 4) is 0 Å². The van der Waals surface area contributed by atoms with Crippen molar-refractivity contribution in [2.45, 2.75) is 17.1 Å². The molecular weight excluding hydrogens is 192 g/mol. The number of thioether (sulfide) groups is 1. The van der Waals surface area contributed by atoms with Gasteiger partial charge in [0.1, 0.15) is 0 Å². The van der Waals surface area contributed by atoms with Crippen molar-refractivity contribution < 1.29 is 8.78 Å². The lowest BCUT2D eigenvalue weighted by molar-refractivity contribution is 0.0122. The first kappa shape index (κ1) is 9.55. The molecule has 0 amide bonds. The SMILES string of the molecule is Cl.FC1(F)CSC2(CNC2)C1. The van der Waals surface area contributed by atoms with E-state index in [1.165, 1.54) is 11.8 Å². The Labute approximate surface area is 74.7 Å². The minimum Gasteiger partial charge on any atom is -0.314 e. The predicted molar refractivity (Wildman–Crippen MR) is 44.9 cm³/mol. The maximum absolute atomic E-state index is 12.6. The number of alkyl halides is 2. The van der Waals surface area contributed by atoms with Crippen LogP contribution in [0, 0.1) is 0 Å². The van der Waals surface area contributed by atoms with Gasteiger partial charge in [-0.05, 0) is 0 Å².